The third-order valence-electron chi connectivity index (χ3n) is 4.45. The van der Waals surface area contributed by atoms with Crippen LogP contribution >= 0.6 is 0 Å². The highest BCUT2D eigenvalue weighted by atomic mass is 15.3. The lowest BCUT2D eigenvalue weighted by Gasteiger charge is -2.23. The maximum absolute atomic E-state index is 9.49. The Morgan fingerprint density at radius 3 is 2.74 bits per heavy atom. The van der Waals surface area contributed by atoms with Gasteiger partial charge < -0.3 is 0 Å². The number of hydrogen-bond donors (Lipinski definition) is 1. The van der Waals surface area contributed by atoms with Crippen LogP contribution in [0.5, 0.6) is 0 Å². The third kappa shape index (κ3) is 2.52. The molecule has 2 atom stereocenters. The molecule has 1 saturated carbocycles. The first kappa shape index (κ1) is 14.1. The van der Waals surface area contributed by atoms with Crippen molar-refractivity contribution in [1.29, 1.82) is 5.26 Å². The second-order valence-electron chi connectivity index (χ2n) is 5.76. The SMILES string of the molecule is CCCNC1(C#N)CCC(n2nc(C)c(C)c2C)C1. The van der Waals surface area contributed by atoms with Crippen LogP contribution in [0.2, 0.25) is 0 Å². The summed E-state index contributed by atoms with van der Waals surface area (Å²) in [5.74, 6) is 0. The summed E-state index contributed by atoms with van der Waals surface area (Å²) in [7, 11) is 0. The summed E-state index contributed by atoms with van der Waals surface area (Å²) in [5, 5.41) is 17.6. The number of nitrogens with one attached hydrogen (secondary N) is 1. The molecule has 0 aromatic carbocycles. The predicted octanol–water partition coefficient (Wildman–Crippen LogP) is 2.80. The van der Waals surface area contributed by atoms with Crippen LogP contribution in [-0.2, 0) is 0 Å². The van der Waals surface area contributed by atoms with E-state index >= 15 is 0 Å². The van der Waals surface area contributed by atoms with Crippen molar-refractivity contribution in [3.8, 4) is 6.07 Å². The van der Waals surface area contributed by atoms with E-state index < -0.39 is 0 Å². The van der Waals surface area contributed by atoms with E-state index in [1.165, 1.54) is 11.3 Å². The lowest BCUT2D eigenvalue weighted by atomic mass is 9.99. The van der Waals surface area contributed by atoms with Crippen molar-refractivity contribution < 1.29 is 0 Å². The Labute approximate surface area is 115 Å². The van der Waals surface area contributed by atoms with Gasteiger partial charge in [0.1, 0.15) is 5.54 Å². The number of aromatic nitrogens is 2. The molecule has 1 aliphatic carbocycles. The highest BCUT2D eigenvalue weighted by molar-refractivity contribution is 5.24. The van der Waals surface area contributed by atoms with Crippen molar-refractivity contribution in [3.05, 3.63) is 17.0 Å². The Kier molecular flexibility index (Phi) is 3.96. The Morgan fingerprint density at radius 2 is 2.21 bits per heavy atom. The van der Waals surface area contributed by atoms with E-state index in [2.05, 4.69) is 48.9 Å². The monoisotopic (exact) mass is 260 g/mol. The van der Waals surface area contributed by atoms with Crippen LogP contribution in [0.4, 0.5) is 0 Å². The van der Waals surface area contributed by atoms with Gasteiger partial charge in [-0.2, -0.15) is 10.4 Å². The van der Waals surface area contributed by atoms with Crippen molar-refractivity contribution in [2.24, 2.45) is 0 Å². The van der Waals surface area contributed by atoms with Crippen LogP contribution in [0, 0.1) is 32.1 Å². The van der Waals surface area contributed by atoms with Crippen LogP contribution in [0.25, 0.3) is 0 Å². The standard InChI is InChI=1S/C15H24N4/c1-5-8-17-15(10-16)7-6-14(9-15)19-13(4)11(2)12(3)18-19/h14,17H,5-9H2,1-4H3. The first-order valence-electron chi connectivity index (χ1n) is 7.21. The molecule has 1 aromatic rings. The Hall–Kier alpha value is -1.34. The second kappa shape index (κ2) is 5.34. The lowest BCUT2D eigenvalue weighted by Crippen LogP contribution is -2.42. The number of hydrogen-bond acceptors (Lipinski definition) is 3. The van der Waals surface area contributed by atoms with Gasteiger partial charge in [-0.3, -0.25) is 10.00 Å². The van der Waals surface area contributed by atoms with E-state index in [4.69, 9.17) is 0 Å². The maximum atomic E-state index is 9.49. The fourth-order valence-electron chi connectivity index (χ4n) is 2.99. The number of nitriles is 1. The van der Waals surface area contributed by atoms with Crippen LogP contribution in [0.3, 0.4) is 0 Å². The minimum absolute atomic E-state index is 0.346. The zero-order chi connectivity index (χ0) is 14.0. The quantitative estimate of drug-likeness (QED) is 0.905. The minimum atomic E-state index is -0.346. The van der Waals surface area contributed by atoms with Gasteiger partial charge >= 0.3 is 0 Å². The van der Waals surface area contributed by atoms with Crippen molar-refractivity contribution in [3.63, 3.8) is 0 Å². The first-order chi connectivity index (χ1) is 9.03. The molecule has 0 aliphatic heterocycles. The highest BCUT2D eigenvalue weighted by Crippen LogP contribution is 2.38. The molecule has 1 heterocycles. The minimum Gasteiger partial charge on any atom is -0.299 e. The fourth-order valence-corrected chi connectivity index (χ4v) is 2.99. The molecule has 1 fully saturated rings. The summed E-state index contributed by atoms with van der Waals surface area (Å²) in [4.78, 5) is 0. The smallest absolute Gasteiger partial charge is 0.108 e. The van der Waals surface area contributed by atoms with Gasteiger partial charge in [-0.05, 0) is 52.1 Å². The number of aryl methyl sites for hydroxylation is 1. The molecule has 0 amide bonds. The van der Waals surface area contributed by atoms with E-state index in [0.717, 1.165) is 37.9 Å². The number of nitrogens with zero attached hydrogens (tertiary/aromatic N) is 3. The van der Waals surface area contributed by atoms with Gasteiger partial charge in [0.05, 0.1) is 17.8 Å². The molecule has 19 heavy (non-hydrogen) atoms. The zero-order valence-electron chi connectivity index (χ0n) is 12.5. The normalized spacial score (nSPS) is 26.6. The molecule has 4 nitrogen and oxygen atoms in total. The molecule has 2 rings (SSSR count). The molecule has 0 bridgehead atoms. The maximum Gasteiger partial charge on any atom is 0.108 e. The van der Waals surface area contributed by atoms with E-state index in [9.17, 15) is 5.26 Å². The summed E-state index contributed by atoms with van der Waals surface area (Å²) in [5.41, 5.74) is 3.28. The van der Waals surface area contributed by atoms with Crippen molar-refractivity contribution in [2.75, 3.05) is 6.54 Å². The molecule has 1 N–H and O–H groups in total. The van der Waals surface area contributed by atoms with Gasteiger partial charge in [0.2, 0.25) is 0 Å². The van der Waals surface area contributed by atoms with Crippen LogP contribution in [0.15, 0.2) is 0 Å². The van der Waals surface area contributed by atoms with Gasteiger partial charge in [0.25, 0.3) is 0 Å². The van der Waals surface area contributed by atoms with Gasteiger partial charge in [-0.15, -0.1) is 0 Å². The van der Waals surface area contributed by atoms with Crippen LogP contribution in [-0.4, -0.2) is 21.9 Å². The Bertz CT molecular complexity index is 497. The first-order valence-corrected chi connectivity index (χ1v) is 7.21. The molecule has 0 radical (unpaired) electrons. The molecular formula is C15H24N4. The van der Waals surface area contributed by atoms with Crippen LogP contribution in [0.1, 0.15) is 55.6 Å². The average Bonchev–Trinajstić information content (AvgIpc) is 2.95. The summed E-state index contributed by atoms with van der Waals surface area (Å²) in [6.45, 7) is 9.35. The average molecular weight is 260 g/mol. The zero-order valence-corrected chi connectivity index (χ0v) is 12.5. The van der Waals surface area contributed by atoms with Crippen molar-refractivity contribution >= 4 is 0 Å². The Balaban J connectivity index is 2.17. The van der Waals surface area contributed by atoms with Crippen LogP contribution < -0.4 is 5.32 Å². The molecule has 2 unspecified atom stereocenters. The molecule has 4 heteroatoms. The molecule has 1 aliphatic rings. The largest absolute Gasteiger partial charge is 0.299 e. The van der Waals surface area contributed by atoms with E-state index in [-0.39, 0.29) is 5.54 Å². The number of rotatable bonds is 4. The summed E-state index contributed by atoms with van der Waals surface area (Å²) in [6.07, 6.45) is 3.88. The van der Waals surface area contributed by atoms with Gasteiger partial charge in [-0.1, -0.05) is 6.92 Å². The summed E-state index contributed by atoms with van der Waals surface area (Å²) >= 11 is 0. The lowest BCUT2D eigenvalue weighted by molar-refractivity contribution is 0.384. The molecule has 104 valence electrons. The van der Waals surface area contributed by atoms with Crippen molar-refractivity contribution in [2.45, 2.75) is 65.0 Å². The van der Waals surface area contributed by atoms with Gasteiger partial charge in [-0.25, -0.2) is 0 Å². The molecule has 0 spiro atoms. The molecule has 1 aromatic heterocycles. The van der Waals surface area contributed by atoms with E-state index in [1.54, 1.807) is 0 Å². The van der Waals surface area contributed by atoms with Gasteiger partial charge in [0.15, 0.2) is 0 Å². The molecular weight excluding hydrogens is 236 g/mol. The summed E-state index contributed by atoms with van der Waals surface area (Å²) in [6, 6.07) is 2.86. The van der Waals surface area contributed by atoms with Gasteiger partial charge in [0, 0.05) is 12.1 Å². The van der Waals surface area contributed by atoms with E-state index in [0.29, 0.717) is 6.04 Å². The third-order valence-corrected chi connectivity index (χ3v) is 4.45. The Morgan fingerprint density at radius 1 is 1.47 bits per heavy atom. The highest BCUT2D eigenvalue weighted by Gasteiger charge is 2.40. The summed E-state index contributed by atoms with van der Waals surface area (Å²) < 4.78 is 2.14. The second-order valence-corrected chi connectivity index (χ2v) is 5.76. The van der Waals surface area contributed by atoms with Crippen molar-refractivity contribution in [1.82, 2.24) is 15.1 Å². The topological polar surface area (TPSA) is 53.6 Å². The van der Waals surface area contributed by atoms with E-state index in [1.807, 2.05) is 0 Å². The predicted molar refractivity (Wildman–Crippen MR) is 76.0 cm³/mol. The molecule has 0 saturated heterocycles. The fraction of sp³-hybridized carbons (Fsp3) is 0.733.